The largest absolute Gasteiger partial charge is 0.425 e. The van der Waals surface area contributed by atoms with Crippen molar-refractivity contribution >= 4 is 0 Å². The molecular weight excluding hydrogens is 230 g/mol. The average molecular weight is 253 g/mol. The minimum atomic E-state index is 0.300. The summed E-state index contributed by atoms with van der Waals surface area (Å²) >= 11 is 0. The summed E-state index contributed by atoms with van der Waals surface area (Å²) in [5, 5.41) is 11.6. The molecule has 0 spiro atoms. The highest BCUT2D eigenvalue weighted by Crippen LogP contribution is 2.24. The zero-order valence-corrected chi connectivity index (χ0v) is 11.3. The minimum Gasteiger partial charge on any atom is -0.425 e. The third kappa shape index (κ3) is 4.07. The maximum atomic E-state index is 5.70. The molecule has 1 aromatic rings. The SMILES string of the molecule is CC(C)NCCCc1nnc(C2CCCOC2)o1. The van der Waals surface area contributed by atoms with E-state index in [0.717, 1.165) is 57.2 Å². The van der Waals surface area contributed by atoms with E-state index in [-0.39, 0.29) is 0 Å². The van der Waals surface area contributed by atoms with Crippen molar-refractivity contribution < 1.29 is 9.15 Å². The van der Waals surface area contributed by atoms with Gasteiger partial charge in [0.2, 0.25) is 11.8 Å². The van der Waals surface area contributed by atoms with Gasteiger partial charge in [-0.3, -0.25) is 0 Å². The van der Waals surface area contributed by atoms with E-state index in [1.54, 1.807) is 0 Å². The first kappa shape index (κ1) is 13.5. The number of nitrogens with one attached hydrogen (secondary N) is 1. The minimum absolute atomic E-state index is 0.300. The van der Waals surface area contributed by atoms with Gasteiger partial charge in [-0.25, -0.2) is 0 Å². The van der Waals surface area contributed by atoms with Crippen molar-refractivity contribution in [2.45, 2.75) is 51.5 Å². The van der Waals surface area contributed by atoms with E-state index in [1.165, 1.54) is 0 Å². The van der Waals surface area contributed by atoms with Gasteiger partial charge in [0, 0.05) is 19.1 Å². The van der Waals surface area contributed by atoms with Crippen molar-refractivity contribution in [1.82, 2.24) is 15.5 Å². The van der Waals surface area contributed by atoms with Crippen molar-refractivity contribution in [2.24, 2.45) is 0 Å². The lowest BCUT2D eigenvalue weighted by atomic mass is 10.0. The molecule has 1 N–H and O–H groups in total. The van der Waals surface area contributed by atoms with Gasteiger partial charge in [0.1, 0.15) is 0 Å². The molecule has 0 radical (unpaired) electrons. The van der Waals surface area contributed by atoms with Gasteiger partial charge in [0.15, 0.2) is 0 Å². The Balaban J connectivity index is 1.75. The first-order valence-corrected chi connectivity index (χ1v) is 6.89. The molecule has 1 aliphatic rings. The summed E-state index contributed by atoms with van der Waals surface area (Å²) in [6.07, 6.45) is 4.05. The first-order chi connectivity index (χ1) is 8.75. The summed E-state index contributed by atoms with van der Waals surface area (Å²) in [5.41, 5.74) is 0. The Labute approximate surface area is 108 Å². The lowest BCUT2D eigenvalue weighted by Crippen LogP contribution is -2.23. The molecule has 1 fully saturated rings. The van der Waals surface area contributed by atoms with Crippen molar-refractivity contribution in [2.75, 3.05) is 19.8 Å². The van der Waals surface area contributed by atoms with Crippen LogP contribution in [0.25, 0.3) is 0 Å². The molecular formula is C13H23N3O2. The Morgan fingerprint density at radius 1 is 1.39 bits per heavy atom. The molecule has 1 unspecified atom stereocenters. The van der Waals surface area contributed by atoms with Gasteiger partial charge in [-0.05, 0) is 25.8 Å². The lowest BCUT2D eigenvalue weighted by Gasteiger charge is -2.18. The molecule has 2 rings (SSSR count). The maximum Gasteiger partial charge on any atom is 0.221 e. The molecule has 5 heteroatoms. The highest BCUT2D eigenvalue weighted by Gasteiger charge is 2.21. The normalized spacial score (nSPS) is 20.5. The fraction of sp³-hybridized carbons (Fsp3) is 0.846. The zero-order valence-electron chi connectivity index (χ0n) is 11.3. The maximum absolute atomic E-state index is 5.70. The molecule has 0 aliphatic carbocycles. The highest BCUT2D eigenvalue weighted by atomic mass is 16.5. The van der Waals surface area contributed by atoms with Crippen LogP contribution in [-0.4, -0.2) is 36.0 Å². The summed E-state index contributed by atoms with van der Waals surface area (Å²) in [4.78, 5) is 0. The molecule has 1 aromatic heterocycles. The van der Waals surface area contributed by atoms with E-state index in [0.29, 0.717) is 12.0 Å². The number of nitrogens with zero attached hydrogens (tertiary/aromatic N) is 2. The van der Waals surface area contributed by atoms with E-state index in [2.05, 4.69) is 29.4 Å². The van der Waals surface area contributed by atoms with Gasteiger partial charge in [0.25, 0.3) is 0 Å². The van der Waals surface area contributed by atoms with Gasteiger partial charge in [0.05, 0.1) is 12.5 Å². The molecule has 1 aliphatic heterocycles. The third-order valence-corrected chi connectivity index (χ3v) is 3.11. The van der Waals surface area contributed by atoms with Gasteiger partial charge >= 0.3 is 0 Å². The monoisotopic (exact) mass is 253 g/mol. The third-order valence-electron chi connectivity index (χ3n) is 3.11. The summed E-state index contributed by atoms with van der Waals surface area (Å²) in [7, 11) is 0. The van der Waals surface area contributed by atoms with Crippen LogP contribution in [0.4, 0.5) is 0 Å². The summed E-state index contributed by atoms with van der Waals surface area (Å²) < 4.78 is 11.1. The van der Waals surface area contributed by atoms with Crippen LogP contribution in [0.2, 0.25) is 0 Å². The Bertz CT molecular complexity index is 346. The average Bonchev–Trinajstić information content (AvgIpc) is 2.84. The lowest BCUT2D eigenvalue weighted by molar-refractivity contribution is 0.0721. The van der Waals surface area contributed by atoms with E-state index >= 15 is 0 Å². The molecule has 0 bridgehead atoms. The Morgan fingerprint density at radius 2 is 2.28 bits per heavy atom. The fourth-order valence-electron chi connectivity index (χ4n) is 2.10. The van der Waals surface area contributed by atoms with Crippen LogP contribution in [0.1, 0.15) is 50.8 Å². The molecule has 18 heavy (non-hydrogen) atoms. The van der Waals surface area contributed by atoms with E-state index < -0.39 is 0 Å². The van der Waals surface area contributed by atoms with Crippen LogP contribution < -0.4 is 5.32 Å². The van der Waals surface area contributed by atoms with Crippen LogP contribution in [0.15, 0.2) is 4.42 Å². The van der Waals surface area contributed by atoms with Crippen LogP contribution in [0.5, 0.6) is 0 Å². The summed E-state index contributed by atoms with van der Waals surface area (Å²) in [6, 6.07) is 0.530. The van der Waals surface area contributed by atoms with Gasteiger partial charge in [-0.1, -0.05) is 13.8 Å². The van der Waals surface area contributed by atoms with Gasteiger partial charge in [-0.15, -0.1) is 10.2 Å². The molecule has 0 aromatic carbocycles. The predicted octanol–water partition coefficient (Wildman–Crippen LogP) is 1.89. The Kier molecular flexibility index (Phi) is 5.13. The number of hydrogen-bond acceptors (Lipinski definition) is 5. The standard InChI is InChI=1S/C13H23N3O2/c1-10(2)14-7-3-6-12-15-16-13(18-12)11-5-4-8-17-9-11/h10-11,14H,3-9H2,1-2H3. The van der Waals surface area contributed by atoms with Crippen LogP contribution in [-0.2, 0) is 11.2 Å². The summed E-state index contributed by atoms with van der Waals surface area (Å²) in [5.74, 6) is 1.80. The highest BCUT2D eigenvalue weighted by molar-refractivity contribution is 4.93. The number of aryl methyl sites for hydroxylation is 1. The Hall–Kier alpha value is -0.940. The second-order valence-corrected chi connectivity index (χ2v) is 5.16. The number of ether oxygens (including phenoxy) is 1. The van der Waals surface area contributed by atoms with Crippen molar-refractivity contribution in [3.63, 3.8) is 0 Å². The zero-order chi connectivity index (χ0) is 12.8. The van der Waals surface area contributed by atoms with E-state index in [9.17, 15) is 0 Å². The second-order valence-electron chi connectivity index (χ2n) is 5.16. The number of hydrogen-bond donors (Lipinski definition) is 1. The predicted molar refractivity (Wildman–Crippen MR) is 68.6 cm³/mol. The van der Waals surface area contributed by atoms with E-state index in [1.807, 2.05) is 0 Å². The number of aromatic nitrogens is 2. The van der Waals surface area contributed by atoms with Crippen LogP contribution in [0, 0.1) is 0 Å². The molecule has 0 saturated carbocycles. The van der Waals surface area contributed by atoms with Crippen molar-refractivity contribution in [3.8, 4) is 0 Å². The molecule has 102 valence electrons. The van der Waals surface area contributed by atoms with Crippen LogP contribution >= 0.6 is 0 Å². The first-order valence-electron chi connectivity index (χ1n) is 6.89. The molecule has 5 nitrogen and oxygen atoms in total. The van der Waals surface area contributed by atoms with E-state index in [4.69, 9.17) is 9.15 Å². The molecule has 0 amide bonds. The fourth-order valence-corrected chi connectivity index (χ4v) is 2.10. The van der Waals surface area contributed by atoms with Crippen LogP contribution in [0.3, 0.4) is 0 Å². The van der Waals surface area contributed by atoms with Crippen molar-refractivity contribution in [3.05, 3.63) is 11.8 Å². The smallest absolute Gasteiger partial charge is 0.221 e. The summed E-state index contributed by atoms with van der Waals surface area (Å²) in [6.45, 7) is 6.86. The second kappa shape index (κ2) is 6.85. The quantitative estimate of drug-likeness (QED) is 0.785. The van der Waals surface area contributed by atoms with Gasteiger partial charge < -0.3 is 14.5 Å². The van der Waals surface area contributed by atoms with Crippen molar-refractivity contribution in [1.29, 1.82) is 0 Å². The van der Waals surface area contributed by atoms with Gasteiger partial charge in [-0.2, -0.15) is 0 Å². The molecule has 1 atom stereocenters. The topological polar surface area (TPSA) is 60.2 Å². The Morgan fingerprint density at radius 3 is 3.00 bits per heavy atom. The molecule has 1 saturated heterocycles. The number of rotatable bonds is 6. The molecule has 2 heterocycles.